The first-order valence-electron chi connectivity index (χ1n) is 7.96. The molecule has 0 radical (unpaired) electrons. The molecule has 1 rings (SSSR count). The first-order valence-corrected chi connectivity index (χ1v) is 8.34. The zero-order chi connectivity index (χ0) is 17.0. The first kappa shape index (κ1) is 18.8. The maximum Gasteiger partial charge on any atom is 0.249 e. The van der Waals surface area contributed by atoms with Gasteiger partial charge in [-0.15, -0.1) is 0 Å². The minimum atomic E-state index is -0.196. The van der Waals surface area contributed by atoms with Crippen molar-refractivity contribution >= 4 is 23.3 Å². The van der Waals surface area contributed by atoms with E-state index in [1.165, 1.54) is 0 Å². The van der Waals surface area contributed by atoms with Gasteiger partial charge < -0.3 is 9.80 Å². The lowest BCUT2D eigenvalue weighted by Gasteiger charge is -2.44. The van der Waals surface area contributed by atoms with Crippen molar-refractivity contribution in [3.05, 3.63) is 22.5 Å². The molecule has 22 heavy (non-hydrogen) atoms. The van der Waals surface area contributed by atoms with E-state index < -0.39 is 0 Å². The molecule has 0 N–H and O–H groups in total. The Hall–Kier alpha value is -1.29. The summed E-state index contributed by atoms with van der Waals surface area (Å²) in [5.41, 5.74) is 1.85. The molecule has 1 fully saturated rings. The van der Waals surface area contributed by atoms with E-state index in [0.29, 0.717) is 5.16 Å². The number of hydrogen-bond donors (Lipinski definition) is 0. The van der Waals surface area contributed by atoms with Crippen LogP contribution in [0.5, 0.6) is 0 Å². The number of rotatable bonds is 4. The number of piperazine rings is 1. The van der Waals surface area contributed by atoms with Crippen LogP contribution < -0.4 is 0 Å². The van der Waals surface area contributed by atoms with E-state index in [2.05, 4.69) is 30.7 Å². The van der Waals surface area contributed by atoms with Crippen molar-refractivity contribution in [1.29, 1.82) is 0 Å². The molecule has 1 atom stereocenters. The summed E-state index contributed by atoms with van der Waals surface area (Å²) in [5, 5.41) is 0.514. The third-order valence-electron chi connectivity index (χ3n) is 4.09. The van der Waals surface area contributed by atoms with E-state index in [9.17, 15) is 4.79 Å². The smallest absolute Gasteiger partial charge is 0.249 e. The maximum absolute atomic E-state index is 12.6. The molecule has 0 aliphatic carbocycles. The SMILES string of the molecule is C\C=C1/C(=N\C(Cl)=C(/C)CC)N(C(C)C)[C@H](CC)C(=O)N1C. The van der Waals surface area contributed by atoms with Gasteiger partial charge in [-0.2, -0.15) is 0 Å². The quantitative estimate of drug-likeness (QED) is 0.729. The number of aliphatic imine (C=N–C) groups is 1. The predicted octanol–water partition coefficient (Wildman–Crippen LogP) is 4.13. The van der Waals surface area contributed by atoms with Crippen molar-refractivity contribution in [2.75, 3.05) is 7.05 Å². The summed E-state index contributed by atoms with van der Waals surface area (Å²) in [7, 11) is 1.80. The summed E-state index contributed by atoms with van der Waals surface area (Å²) >= 11 is 6.37. The standard InChI is InChI=1S/C17H28ClN3O/c1-8-12(6)15(18)19-16-13(9-2)20(7)17(22)14(10-3)21(16)11(4)5/h9,11,14H,8,10H2,1-7H3/b13-9+,15-12+,19-16+/t14-/m1/s1. The molecule has 1 heterocycles. The maximum atomic E-state index is 12.6. The average Bonchev–Trinajstić information content (AvgIpc) is 2.49. The third-order valence-corrected chi connectivity index (χ3v) is 4.50. The molecule has 1 saturated heterocycles. The van der Waals surface area contributed by atoms with Crippen molar-refractivity contribution in [3.63, 3.8) is 0 Å². The summed E-state index contributed by atoms with van der Waals surface area (Å²) in [6.07, 6.45) is 3.52. The number of carbonyl (C=O) groups is 1. The van der Waals surface area contributed by atoms with Crippen LogP contribution in [0.1, 0.15) is 54.4 Å². The van der Waals surface area contributed by atoms with E-state index in [1.54, 1.807) is 11.9 Å². The average molecular weight is 326 g/mol. The first-order chi connectivity index (χ1) is 10.3. The van der Waals surface area contributed by atoms with Gasteiger partial charge in [-0.05, 0) is 46.1 Å². The van der Waals surface area contributed by atoms with Crippen LogP contribution in [0.25, 0.3) is 0 Å². The largest absolute Gasteiger partial charge is 0.340 e. The lowest BCUT2D eigenvalue weighted by Crippen LogP contribution is -2.59. The third kappa shape index (κ3) is 3.54. The predicted molar refractivity (Wildman–Crippen MR) is 93.9 cm³/mol. The van der Waals surface area contributed by atoms with Crippen molar-refractivity contribution in [2.24, 2.45) is 4.99 Å². The van der Waals surface area contributed by atoms with Gasteiger partial charge in [0.05, 0.1) is 5.70 Å². The van der Waals surface area contributed by atoms with Crippen molar-refractivity contribution in [2.45, 2.75) is 66.5 Å². The normalized spacial score (nSPS) is 24.6. The van der Waals surface area contributed by atoms with Crippen LogP contribution >= 0.6 is 11.6 Å². The summed E-state index contributed by atoms with van der Waals surface area (Å²) in [6.45, 7) is 12.1. The zero-order valence-corrected chi connectivity index (χ0v) is 15.5. The molecule has 124 valence electrons. The van der Waals surface area contributed by atoms with E-state index in [1.807, 2.05) is 26.8 Å². The van der Waals surface area contributed by atoms with E-state index in [-0.39, 0.29) is 18.0 Å². The van der Waals surface area contributed by atoms with Crippen molar-refractivity contribution < 1.29 is 4.79 Å². The minimum Gasteiger partial charge on any atom is -0.340 e. The van der Waals surface area contributed by atoms with Crippen LogP contribution in [0.15, 0.2) is 27.5 Å². The summed E-state index contributed by atoms with van der Waals surface area (Å²) in [4.78, 5) is 21.1. The molecule has 5 heteroatoms. The highest BCUT2D eigenvalue weighted by atomic mass is 35.5. The molecular weight excluding hydrogens is 298 g/mol. The topological polar surface area (TPSA) is 35.9 Å². The van der Waals surface area contributed by atoms with Gasteiger partial charge >= 0.3 is 0 Å². The number of amides is 1. The highest BCUT2D eigenvalue weighted by Crippen LogP contribution is 2.27. The molecule has 0 bridgehead atoms. The van der Waals surface area contributed by atoms with Gasteiger partial charge in [0.15, 0.2) is 5.84 Å². The lowest BCUT2D eigenvalue weighted by atomic mass is 10.0. The van der Waals surface area contributed by atoms with Crippen molar-refractivity contribution in [1.82, 2.24) is 9.80 Å². The summed E-state index contributed by atoms with van der Waals surface area (Å²) in [5.74, 6) is 0.889. The fourth-order valence-electron chi connectivity index (χ4n) is 2.64. The number of hydrogen-bond acceptors (Lipinski definition) is 2. The molecule has 0 spiro atoms. The second-order valence-corrected chi connectivity index (χ2v) is 6.21. The monoisotopic (exact) mass is 325 g/mol. The fraction of sp³-hybridized carbons (Fsp3) is 0.647. The molecule has 0 aromatic carbocycles. The number of allylic oxidation sites excluding steroid dienone is 2. The molecule has 0 aromatic rings. The van der Waals surface area contributed by atoms with Crippen LogP contribution in [-0.4, -0.2) is 40.7 Å². The van der Waals surface area contributed by atoms with Gasteiger partial charge in [0, 0.05) is 13.1 Å². The van der Waals surface area contributed by atoms with E-state index in [0.717, 1.165) is 29.9 Å². The van der Waals surface area contributed by atoms with Crippen molar-refractivity contribution in [3.8, 4) is 0 Å². The Bertz CT molecular complexity index is 520. The molecule has 1 aliphatic rings. The second kappa shape index (κ2) is 7.82. The zero-order valence-electron chi connectivity index (χ0n) is 14.8. The Kier molecular flexibility index (Phi) is 6.66. The van der Waals surface area contributed by atoms with Gasteiger partial charge in [-0.25, -0.2) is 4.99 Å². The molecule has 0 aromatic heterocycles. The Morgan fingerprint density at radius 3 is 2.41 bits per heavy atom. The van der Waals surface area contributed by atoms with Crippen LogP contribution in [0.2, 0.25) is 0 Å². The molecular formula is C17H28ClN3O. The molecule has 1 aliphatic heterocycles. The Morgan fingerprint density at radius 2 is 2.00 bits per heavy atom. The van der Waals surface area contributed by atoms with Crippen LogP contribution in [-0.2, 0) is 4.79 Å². The Labute approximate surface area is 139 Å². The van der Waals surface area contributed by atoms with Crippen LogP contribution in [0, 0.1) is 0 Å². The summed E-state index contributed by atoms with van der Waals surface area (Å²) in [6, 6.07) is -0.0263. The van der Waals surface area contributed by atoms with Gasteiger partial charge in [-0.3, -0.25) is 4.79 Å². The Balaban J connectivity index is 3.51. The highest BCUT2D eigenvalue weighted by Gasteiger charge is 2.39. The van der Waals surface area contributed by atoms with E-state index >= 15 is 0 Å². The number of amidine groups is 1. The van der Waals surface area contributed by atoms with E-state index in [4.69, 9.17) is 11.6 Å². The minimum absolute atomic E-state index is 0.107. The lowest BCUT2D eigenvalue weighted by molar-refractivity contribution is -0.134. The summed E-state index contributed by atoms with van der Waals surface area (Å²) < 4.78 is 0. The van der Waals surface area contributed by atoms with Gasteiger partial charge in [0.1, 0.15) is 11.2 Å². The highest BCUT2D eigenvalue weighted by molar-refractivity contribution is 6.30. The number of nitrogens with zero attached hydrogens (tertiary/aromatic N) is 3. The number of carbonyl (C=O) groups excluding carboxylic acids is 1. The second-order valence-electron chi connectivity index (χ2n) is 5.86. The van der Waals surface area contributed by atoms with Crippen LogP contribution in [0.4, 0.5) is 0 Å². The molecule has 1 amide bonds. The van der Waals surface area contributed by atoms with Gasteiger partial charge in [-0.1, -0.05) is 31.5 Å². The number of halogens is 1. The number of likely N-dealkylation sites (N-methyl/N-ethyl adjacent to an activating group) is 1. The molecule has 0 saturated carbocycles. The molecule has 0 unspecified atom stereocenters. The fourth-order valence-corrected chi connectivity index (χ4v) is 2.85. The Morgan fingerprint density at radius 1 is 1.41 bits per heavy atom. The van der Waals surface area contributed by atoms with Crippen LogP contribution in [0.3, 0.4) is 0 Å². The van der Waals surface area contributed by atoms with Gasteiger partial charge in [0.25, 0.3) is 0 Å². The molecule has 4 nitrogen and oxygen atoms in total. The van der Waals surface area contributed by atoms with Gasteiger partial charge in [0.2, 0.25) is 5.91 Å².